The summed E-state index contributed by atoms with van der Waals surface area (Å²) >= 11 is 1.49. The molecule has 9 nitrogen and oxygen atoms in total. The minimum Gasteiger partial charge on any atom is -0.350 e. The van der Waals surface area contributed by atoms with E-state index in [1.165, 1.54) is 23.5 Å². The SMILES string of the molecule is NS(=O)(=O)c1ccc(Nc2cccc(-c3csc(-c4cccnc4)n3)c2)c([N+](=O)[O-])c1. The molecule has 0 fully saturated rings. The van der Waals surface area contributed by atoms with E-state index in [0.29, 0.717) is 5.69 Å². The largest absolute Gasteiger partial charge is 0.350 e. The average molecular weight is 454 g/mol. The molecule has 2 aromatic carbocycles. The van der Waals surface area contributed by atoms with Crippen molar-refractivity contribution in [1.29, 1.82) is 0 Å². The molecular weight excluding hydrogens is 438 g/mol. The first-order valence-electron chi connectivity index (χ1n) is 8.86. The molecule has 0 saturated carbocycles. The highest BCUT2D eigenvalue weighted by molar-refractivity contribution is 7.89. The van der Waals surface area contributed by atoms with Crippen molar-refractivity contribution in [3.8, 4) is 21.8 Å². The van der Waals surface area contributed by atoms with Gasteiger partial charge in [-0.1, -0.05) is 12.1 Å². The molecule has 11 heteroatoms. The van der Waals surface area contributed by atoms with Crippen LogP contribution >= 0.6 is 11.3 Å². The number of primary sulfonamides is 1. The number of sulfonamides is 1. The smallest absolute Gasteiger partial charge is 0.294 e. The quantitative estimate of drug-likeness (QED) is 0.330. The van der Waals surface area contributed by atoms with E-state index < -0.39 is 20.6 Å². The van der Waals surface area contributed by atoms with Crippen LogP contribution in [0.1, 0.15) is 0 Å². The molecule has 2 aromatic heterocycles. The second kappa shape index (κ2) is 8.22. The summed E-state index contributed by atoms with van der Waals surface area (Å²) in [6.07, 6.45) is 3.44. The van der Waals surface area contributed by atoms with Gasteiger partial charge in [-0.3, -0.25) is 15.1 Å². The summed E-state index contributed by atoms with van der Waals surface area (Å²) in [6.45, 7) is 0. The Morgan fingerprint density at radius 1 is 1.06 bits per heavy atom. The second-order valence-corrected chi connectivity index (χ2v) is 8.89. The minimum atomic E-state index is -4.06. The van der Waals surface area contributed by atoms with Gasteiger partial charge in [0, 0.05) is 40.7 Å². The van der Waals surface area contributed by atoms with Crippen molar-refractivity contribution in [1.82, 2.24) is 9.97 Å². The Labute approximate surface area is 181 Å². The van der Waals surface area contributed by atoms with Crippen molar-refractivity contribution in [2.45, 2.75) is 4.90 Å². The zero-order valence-corrected chi connectivity index (χ0v) is 17.4. The molecule has 0 aliphatic carbocycles. The van der Waals surface area contributed by atoms with Crippen molar-refractivity contribution in [2.75, 3.05) is 5.32 Å². The lowest BCUT2D eigenvalue weighted by Crippen LogP contribution is -2.12. The van der Waals surface area contributed by atoms with Gasteiger partial charge in [0.25, 0.3) is 5.69 Å². The Balaban J connectivity index is 1.64. The van der Waals surface area contributed by atoms with Crippen molar-refractivity contribution in [3.63, 3.8) is 0 Å². The second-order valence-electron chi connectivity index (χ2n) is 6.47. The van der Waals surface area contributed by atoms with E-state index in [-0.39, 0.29) is 10.6 Å². The zero-order chi connectivity index (χ0) is 22.0. The summed E-state index contributed by atoms with van der Waals surface area (Å²) in [5.41, 5.74) is 2.82. The van der Waals surface area contributed by atoms with E-state index in [9.17, 15) is 18.5 Å². The molecule has 0 unspecified atom stereocenters. The van der Waals surface area contributed by atoms with Crippen LogP contribution in [0.2, 0.25) is 0 Å². The number of hydrogen-bond acceptors (Lipinski definition) is 8. The van der Waals surface area contributed by atoms with E-state index in [2.05, 4.69) is 15.3 Å². The van der Waals surface area contributed by atoms with Gasteiger partial charge in [-0.05, 0) is 36.4 Å². The number of thiazole rings is 1. The zero-order valence-electron chi connectivity index (χ0n) is 15.8. The number of nitrogens with one attached hydrogen (secondary N) is 1. The highest BCUT2D eigenvalue weighted by atomic mass is 32.2. The third-order valence-corrected chi connectivity index (χ3v) is 6.15. The van der Waals surface area contributed by atoms with E-state index in [0.717, 1.165) is 27.9 Å². The fraction of sp³-hybridized carbons (Fsp3) is 0. The summed E-state index contributed by atoms with van der Waals surface area (Å²) in [4.78, 5) is 19.2. The van der Waals surface area contributed by atoms with Gasteiger partial charge in [-0.25, -0.2) is 18.5 Å². The molecule has 4 rings (SSSR count). The Kier molecular flexibility index (Phi) is 5.46. The molecule has 0 amide bonds. The summed E-state index contributed by atoms with van der Waals surface area (Å²) in [5, 5.41) is 22.2. The number of nitro benzene ring substituents is 1. The number of hydrogen-bond donors (Lipinski definition) is 2. The van der Waals surface area contributed by atoms with Gasteiger partial charge in [0.1, 0.15) is 10.7 Å². The molecule has 0 aliphatic rings. The van der Waals surface area contributed by atoms with Gasteiger partial charge in [-0.15, -0.1) is 11.3 Å². The third-order valence-electron chi connectivity index (χ3n) is 4.34. The maximum Gasteiger partial charge on any atom is 0.294 e. The number of nitrogens with zero attached hydrogens (tertiary/aromatic N) is 3. The lowest BCUT2D eigenvalue weighted by Gasteiger charge is -2.09. The number of nitrogens with two attached hydrogens (primary N) is 1. The van der Waals surface area contributed by atoms with E-state index in [1.807, 2.05) is 23.6 Å². The highest BCUT2D eigenvalue weighted by Gasteiger charge is 2.19. The number of aromatic nitrogens is 2. The molecule has 3 N–H and O–H groups in total. The molecule has 0 saturated heterocycles. The Morgan fingerprint density at radius 3 is 2.58 bits per heavy atom. The molecule has 0 atom stereocenters. The maximum atomic E-state index is 11.5. The molecular formula is C20H15N5O4S2. The maximum absolute atomic E-state index is 11.5. The molecule has 0 bridgehead atoms. The van der Waals surface area contributed by atoms with Gasteiger partial charge >= 0.3 is 0 Å². The summed E-state index contributed by atoms with van der Waals surface area (Å²) < 4.78 is 23.0. The van der Waals surface area contributed by atoms with Crippen molar-refractivity contribution in [2.24, 2.45) is 5.14 Å². The number of benzene rings is 2. The lowest BCUT2D eigenvalue weighted by molar-refractivity contribution is -0.384. The van der Waals surface area contributed by atoms with Gasteiger partial charge in [0.15, 0.2) is 0 Å². The number of rotatable bonds is 6. The van der Waals surface area contributed by atoms with Gasteiger partial charge < -0.3 is 5.32 Å². The van der Waals surface area contributed by atoms with E-state index in [1.54, 1.807) is 30.6 Å². The van der Waals surface area contributed by atoms with Crippen LogP contribution in [0.15, 0.2) is 77.3 Å². The van der Waals surface area contributed by atoms with Gasteiger partial charge in [-0.2, -0.15) is 0 Å². The topological polar surface area (TPSA) is 141 Å². The average Bonchev–Trinajstić information content (AvgIpc) is 3.24. The van der Waals surface area contributed by atoms with Crippen LogP contribution < -0.4 is 10.5 Å². The minimum absolute atomic E-state index is 0.142. The first-order chi connectivity index (χ1) is 14.8. The first-order valence-corrected chi connectivity index (χ1v) is 11.3. The molecule has 2 heterocycles. The monoisotopic (exact) mass is 453 g/mol. The van der Waals surface area contributed by atoms with Crippen LogP contribution in [0.3, 0.4) is 0 Å². The molecule has 0 radical (unpaired) electrons. The standard InChI is InChI=1S/C20H15N5O4S2/c21-31(28,29)16-6-7-17(19(10-16)25(26)27)23-15-5-1-3-13(9-15)18-12-30-20(24-18)14-4-2-8-22-11-14/h1-12,23H,(H2,21,28,29). The van der Waals surface area contributed by atoms with Crippen LogP contribution in [0, 0.1) is 10.1 Å². The highest BCUT2D eigenvalue weighted by Crippen LogP contribution is 2.33. The van der Waals surface area contributed by atoms with Gasteiger partial charge in [0.05, 0.1) is 15.5 Å². The van der Waals surface area contributed by atoms with Crippen molar-refractivity contribution < 1.29 is 13.3 Å². The molecule has 156 valence electrons. The predicted octanol–water partition coefficient (Wildman–Crippen LogP) is 4.17. The lowest BCUT2D eigenvalue weighted by atomic mass is 10.1. The van der Waals surface area contributed by atoms with Crippen LogP contribution in [0.25, 0.3) is 21.8 Å². The van der Waals surface area contributed by atoms with E-state index >= 15 is 0 Å². The molecule has 0 spiro atoms. The number of pyridine rings is 1. The fourth-order valence-electron chi connectivity index (χ4n) is 2.89. The van der Waals surface area contributed by atoms with Gasteiger partial charge in [0.2, 0.25) is 10.0 Å². The van der Waals surface area contributed by atoms with E-state index in [4.69, 9.17) is 5.14 Å². The van der Waals surface area contributed by atoms with Crippen molar-refractivity contribution >= 4 is 38.4 Å². The summed E-state index contributed by atoms with van der Waals surface area (Å²) in [6, 6.07) is 14.5. The normalized spacial score (nSPS) is 11.3. The molecule has 31 heavy (non-hydrogen) atoms. The number of nitro groups is 1. The molecule has 0 aliphatic heterocycles. The Bertz CT molecular complexity index is 1370. The fourth-order valence-corrected chi connectivity index (χ4v) is 4.24. The summed E-state index contributed by atoms with van der Waals surface area (Å²) in [5.74, 6) is 0. The Hall–Kier alpha value is -3.67. The number of anilines is 2. The van der Waals surface area contributed by atoms with Crippen molar-refractivity contribution in [3.05, 3.63) is 82.5 Å². The predicted molar refractivity (Wildman–Crippen MR) is 119 cm³/mol. The summed E-state index contributed by atoms with van der Waals surface area (Å²) in [7, 11) is -4.06. The van der Waals surface area contributed by atoms with Crippen LogP contribution in [0.5, 0.6) is 0 Å². The van der Waals surface area contributed by atoms with Crippen LogP contribution in [-0.4, -0.2) is 23.3 Å². The van der Waals surface area contributed by atoms with Crippen LogP contribution in [-0.2, 0) is 10.0 Å². The third kappa shape index (κ3) is 4.58. The van der Waals surface area contributed by atoms with Crippen LogP contribution in [0.4, 0.5) is 17.1 Å². The molecule has 4 aromatic rings. The first kappa shape index (κ1) is 20.6. The Morgan fingerprint density at radius 2 is 1.87 bits per heavy atom.